The number of rotatable bonds is 7. The molecule has 9 nitrogen and oxygen atoms in total. The van der Waals surface area contributed by atoms with E-state index < -0.39 is 6.85 Å². The Balaban J connectivity index is 0.00000249. The third kappa shape index (κ3) is 6.48. The van der Waals surface area contributed by atoms with Crippen molar-refractivity contribution in [2.75, 3.05) is 0 Å². The van der Waals surface area contributed by atoms with Gasteiger partial charge < -0.3 is 23.2 Å². The van der Waals surface area contributed by atoms with Crippen LogP contribution in [0.3, 0.4) is 0 Å². The summed E-state index contributed by atoms with van der Waals surface area (Å²) in [5, 5.41) is 5.84. The van der Waals surface area contributed by atoms with Gasteiger partial charge in [0.1, 0.15) is 11.6 Å². The Kier molecular flexibility index (Phi) is 9.14. The maximum atomic E-state index is 7.92. The first-order chi connectivity index (χ1) is 30.9. The summed E-state index contributed by atoms with van der Waals surface area (Å²) in [7, 11) is 0. The summed E-state index contributed by atoms with van der Waals surface area (Å²) < 4.78 is 42.7. The molecule has 0 fully saturated rings. The van der Waals surface area contributed by atoms with E-state index in [1.807, 2.05) is 109 Å². The minimum Gasteiger partial charge on any atom is -0.509 e. The number of nitrogens with zero attached hydrogens (tertiary/aromatic N) is 7. The zero-order valence-corrected chi connectivity index (χ0v) is 36.6. The number of pyridine rings is 2. The van der Waals surface area contributed by atoms with E-state index in [-0.39, 0.29) is 53.6 Å². The van der Waals surface area contributed by atoms with Crippen LogP contribution >= 0.6 is 0 Å². The summed E-state index contributed by atoms with van der Waals surface area (Å²) in [6.07, 6.45) is 6.19. The van der Waals surface area contributed by atoms with Crippen molar-refractivity contribution < 1.29 is 55.7 Å². The Morgan fingerprint density at radius 2 is 0.806 bits per heavy atom. The second kappa shape index (κ2) is 15.8. The van der Waals surface area contributed by atoms with Gasteiger partial charge in [-0.2, -0.15) is 35.0 Å². The Bertz CT molecular complexity index is 3530. The van der Waals surface area contributed by atoms with Gasteiger partial charge in [-0.3, -0.25) is 0 Å². The zero-order valence-electron chi connectivity index (χ0n) is 35.1. The average Bonchev–Trinajstić information content (AvgIpc) is 3.94. The van der Waals surface area contributed by atoms with Gasteiger partial charge in [-0.25, -0.2) is 19.9 Å². The van der Waals surface area contributed by atoms with Gasteiger partial charge in [0.2, 0.25) is 5.95 Å². The van der Waals surface area contributed by atoms with Crippen LogP contribution in [0.4, 0.5) is 0 Å². The van der Waals surface area contributed by atoms with Gasteiger partial charge in [-0.05, 0) is 59.6 Å². The fourth-order valence-electron chi connectivity index (χ4n) is 8.13. The maximum Gasteiger partial charge on any atom is 2.00 e. The summed E-state index contributed by atoms with van der Waals surface area (Å²) in [6.45, 7) is -2.38. The zero-order chi connectivity index (χ0) is 42.2. The summed E-state index contributed by atoms with van der Waals surface area (Å²) in [4.78, 5) is 18.4. The molecule has 6 aromatic heterocycles. The molecule has 0 aliphatic carbocycles. The van der Waals surface area contributed by atoms with E-state index >= 15 is 0 Å². The number of aromatic nitrogens is 7. The normalized spacial score (nSPS) is 12.3. The van der Waals surface area contributed by atoms with E-state index in [1.165, 1.54) is 12.4 Å². The molecule has 0 aliphatic heterocycles. The van der Waals surface area contributed by atoms with Crippen molar-refractivity contribution in [3.63, 3.8) is 0 Å². The van der Waals surface area contributed by atoms with E-state index in [0.29, 0.717) is 34.0 Å². The number of hydrogen-bond acceptors (Lipinski definition) is 6. The molecule has 0 saturated carbocycles. The minimum atomic E-state index is -2.38. The fourth-order valence-corrected chi connectivity index (χ4v) is 8.13. The van der Waals surface area contributed by atoms with E-state index in [0.717, 1.165) is 66.0 Å². The SMILES string of the molecule is [2H]C([2H])([2H])c1cnc(-n2c3[c-]c(Oc4[c-]c5c(cc4)c4ccccc4n5-c4ccccn4)ccc3c3ccc(Oc4[c-]c5c(cc4)c4ccccc4n5-c4ccccn4)[c-]c32)nc1.[Pt+2].[Pt+2]. The molecule has 0 N–H and O–H groups in total. The first-order valence-electron chi connectivity index (χ1n) is 20.7. The quantitative estimate of drug-likeness (QED) is 0.148. The van der Waals surface area contributed by atoms with Crippen molar-refractivity contribution in [1.82, 2.24) is 33.6 Å². The molecule has 0 saturated heterocycles. The van der Waals surface area contributed by atoms with Crippen LogP contribution in [-0.2, 0) is 42.1 Å². The standard InChI is InChI=1S/C51H29N7O2.2Pt/c1-32-30-54-51(55-31-32)58-47-28-35(59-33-16-20-39-37-10-2-4-12-43(37)56(45(39)26-33)49-14-6-8-24-52-49)18-22-41(47)42-23-19-36(29-48(42)58)60-34-17-21-40-38-11-3-5-13-44(38)57(46(40)27-34)50-15-7-9-25-53-50;;/h2-25,30-31H,1H3;;/q-4;2*+2/i1D3;;. The van der Waals surface area contributed by atoms with Gasteiger partial charge in [-0.15, -0.1) is 59.3 Å². The van der Waals surface area contributed by atoms with E-state index in [9.17, 15) is 0 Å². The molecule has 0 unspecified atom stereocenters. The van der Waals surface area contributed by atoms with Gasteiger partial charge in [0, 0.05) is 62.9 Å². The van der Waals surface area contributed by atoms with Crippen molar-refractivity contribution in [1.29, 1.82) is 0 Å². The summed E-state index contributed by atoms with van der Waals surface area (Å²) >= 11 is 0. The van der Waals surface area contributed by atoms with Gasteiger partial charge in [0.25, 0.3) is 0 Å². The molecule has 0 bridgehead atoms. The first kappa shape index (κ1) is 35.8. The smallest absolute Gasteiger partial charge is 0.509 e. The Morgan fingerprint density at radius 1 is 0.419 bits per heavy atom. The molecule has 11 heteroatoms. The van der Waals surface area contributed by atoms with E-state index in [4.69, 9.17) is 13.6 Å². The topological polar surface area (TPSA) is 84.8 Å². The largest absolute Gasteiger partial charge is 2.00 e. The maximum absolute atomic E-state index is 7.92. The van der Waals surface area contributed by atoms with Crippen LogP contribution in [0.2, 0.25) is 0 Å². The van der Waals surface area contributed by atoms with Crippen LogP contribution in [0, 0.1) is 31.1 Å². The molecule has 6 aromatic carbocycles. The predicted octanol–water partition coefficient (Wildman–Crippen LogP) is 11.6. The molecule has 6 heterocycles. The molecule has 62 heavy (non-hydrogen) atoms. The summed E-state index contributed by atoms with van der Waals surface area (Å²) in [5.74, 6) is 3.57. The third-order valence-electron chi connectivity index (χ3n) is 10.7. The average molecular weight is 1170 g/mol. The van der Waals surface area contributed by atoms with Gasteiger partial charge in [0.05, 0.1) is 0 Å². The number of fused-ring (bicyclic) bond motifs is 9. The molecular weight excluding hydrogens is 1130 g/mol. The van der Waals surface area contributed by atoms with Crippen LogP contribution in [0.15, 0.2) is 158 Å². The molecule has 0 atom stereocenters. The van der Waals surface area contributed by atoms with Crippen molar-refractivity contribution in [2.45, 2.75) is 6.85 Å². The molecule has 0 aliphatic rings. The number of para-hydroxylation sites is 2. The van der Waals surface area contributed by atoms with Gasteiger partial charge >= 0.3 is 42.1 Å². The molecular formula is C51H29N7O2Pt2. The van der Waals surface area contributed by atoms with Crippen LogP contribution < -0.4 is 9.47 Å². The van der Waals surface area contributed by atoms with Gasteiger partial charge in [0.15, 0.2) is 0 Å². The Labute approximate surface area is 388 Å². The van der Waals surface area contributed by atoms with Gasteiger partial charge in [-0.1, -0.05) is 70.6 Å². The monoisotopic (exact) mass is 1160 g/mol. The Morgan fingerprint density at radius 3 is 1.21 bits per heavy atom. The van der Waals surface area contributed by atoms with Crippen LogP contribution in [0.25, 0.3) is 83.0 Å². The third-order valence-corrected chi connectivity index (χ3v) is 10.7. The van der Waals surface area contributed by atoms with Crippen molar-refractivity contribution >= 4 is 65.4 Å². The predicted molar refractivity (Wildman–Crippen MR) is 234 cm³/mol. The molecule has 300 valence electrons. The number of ether oxygens (including phenoxy) is 2. The molecule has 0 radical (unpaired) electrons. The minimum absolute atomic E-state index is 0. The fraction of sp³-hybridized carbons (Fsp3) is 0.0196. The molecule has 0 spiro atoms. The first-order valence-corrected chi connectivity index (χ1v) is 19.2. The van der Waals surface area contributed by atoms with Crippen LogP contribution in [0.5, 0.6) is 23.0 Å². The molecule has 0 amide bonds. The number of hydrogen-bond donors (Lipinski definition) is 0. The van der Waals surface area contributed by atoms with Crippen LogP contribution in [-0.4, -0.2) is 33.6 Å². The molecule has 12 rings (SSSR count). The molecule has 12 aromatic rings. The summed E-state index contributed by atoms with van der Waals surface area (Å²) in [5.41, 5.74) is 4.86. The van der Waals surface area contributed by atoms with Crippen molar-refractivity contribution in [3.05, 3.63) is 188 Å². The van der Waals surface area contributed by atoms with Crippen molar-refractivity contribution in [2.24, 2.45) is 0 Å². The second-order valence-corrected chi connectivity index (χ2v) is 14.2. The Hall–Kier alpha value is -6.92. The van der Waals surface area contributed by atoms with Crippen LogP contribution in [0.1, 0.15) is 9.68 Å². The number of aryl methyl sites for hydroxylation is 1. The van der Waals surface area contributed by atoms with E-state index in [2.05, 4.69) is 77.6 Å². The summed E-state index contributed by atoms with van der Waals surface area (Å²) in [6, 6.07) is 57.4. The van der Waals surface area contributed by atoms with E-state index in [1.54, 1.807) is 17.0 Å². The number of benzene rings is 6. The van der Waals surface area contributed by atoms with Crippen molar-refractivity contribution in [3.8, 4) is 40.6 Å². The second-order valence-electron chi connectivity index (χ2n) is 14.2.